The molecule has 0 aromatic carbocycles. The lowest BCUT2D eigenvalue weighted by Crippen LogP contribution is -2.47. The number of allylic oxidation sites excluding steroid dienone is 2. The van der Waals surface area contributed by atoms with E-state index in [9.17, 15) is 4.79 Å². The maximum atomic E-state index is 11.4. The second-order valence-corrected chi connectivity index (χ2v) is 8.58. The van der Waals surface area contributed by atoms with Crippen LogP contribution in [0.15, 0.2) is 28.9 Å². The minimum Gasteiger partial charge on any atom is -0.368 e. The molecule has 0 aromatic rings. The first-order valence-corrected chi connectivity index (χ1v) is 10.2. The van der Waals surface area contributed by atoms with Gasteiger partial charge in [0.25, 0.3) is 0 Å². The molecular formula is C21H31N3O2. The molecule has 2 atom stereocenters. The highest BCUT2D eigenvalue weighted by molar-refractivity contribution is 6.07. The zero-order valence-corrected chi connectivity index (χ0v) is 16.0. The van der Waals surface area contributed by atoms with Crippen molar-refractivity contribution in [2.45, 2.75) is 76.5 Å². The number of piperidine rings is 1. The van der Waals surface area contributed by atoms with Crippen molar-refractivity contribution in [1.29, 1.82) is 0 Å². The summed E-state index contributed by atoms with van der Waals surface area (Å²) >= 11 is 0. The third kappa shape index (κ3) is 3.79. The predicted molar refractivity (Wildman–Crippen MR) is 103 cm³/mol. The highest BCUT2D eigenvalue weighted by atomic mass is 16.5. The fourth-order valence-corrected chi connectivity index (χ4v) is 4.49. The van der Waals surface area contributed by atoms with Gasteiger partial charge >= 0.3 is 0 Å². The molecule has 0 bridgehead atoms. The van der Waals surface area contributed by atoms with Crippen LogP contribution in [-0.4, -0.2) is 47.4 Å². The average Bonchev–Trinajstić information content (AvgIpc) is 2.56. The molecule has 1 saturated carbocycles. The van der Waals surface area contributed by atoms with Crippen LogP contribution in [0.2, 0.25) is 0 Å². The zero-order chi connectivity index (χ0) is 18.1. The van der Waals surface area contributed by atoms with E-state index in [4.69, 9.17) is 4.74 Å². The van der Waals surface area contributed by atoms with Gasteiger partial charge in [0.2, 0.25) is 5.91 Å². The van der Waals surface area contributed by atoms with Crippen LogP contribution in [0.5, 0.6) is 0 Å². The van der Waals surface area contributed by atoms with Crippen molar-refractivity contribution < 1.29 is 9.53 Å². The van der Waals surface area contributed by atoms with Crippen LogP contribution < -0.4 is 5.43 Å². The number of amides is 1. The largest absolute Gasteiger partial charge is 0.368 e. The molecule has 4 aliphatic rings. The number of carbonyl (C=O) groups excluding carboxylic acids is 1. The predicted octanol–water partition coefficient (Wildman–Crippen LogP) is 3.18. The lowest BCUT2D eigenvalue weighted by atomic mass is 9.86. The van der Waals surface area contributed by atoms with Crippen LogP contribution in [-0.2, 0) is 9.53 Å². The van der Waals surface area contributed by atoms with E-state index in [2.05, 4.69) is 47.5 Å². The van der Waals surface area contributed by atoms with Crippen molar-refractivity contribution in [3.05, 3.63) is 23.8 Å². The second-order valence-electron chi connectivity index (χ2n) is 8.58. The molecule has 2 fully saturated rings. The Morgan fingerprint density at radius 1 is 1.27 bits per heavy atom. The van der Waals surface area contributed by atoms with E-state index in [1.807, 2.05) is 0 Å². The maximum absolute atomic E-state index is 11.4. The Kier molecular flexibility index (Phi) is 5.02. The Morgan fingerprint density at radius 2 is 2.04 bits per heavy atom. The standard InChI is InChI=1S/C21H31N3O2/c1-15-14-19(25)22-23-20(15)16-6-10-21(2,11-7-16)26-18-8-12-24(13-9-18)17-4-3-5-17/h6-7,10,15,17-18H,3-5,8-9,11-14H2,1-2H3,(H,22,25)/t15-,21?/m1/s1. The first kappa shape index (κ1) is 17.9. The summed E-state index contributed by atoms with van der Waals surface area (Å²) in [6, 6.07) is 0.852. The molecule has 142 valence electrons. The Hall–Kier alpha value is -1.46. The fraction of sp³-hybridized carbons (Fsp3) is 0.714. The molecule has 2 heterocycles. The number of hydrazone groups is 1. The molecule has 0 spiro atoms. The van der Waals surface area contributed by atoms with Crippen molar-refractivity contribution in [3.63, 3.8) is 0 Å². The van der Waals surface area contributed by atoms with E-state index in [1.54, 1.807) is 0 Å². The number of nitrogens with one attached hydrogen (secondary N) is 1. The van der Waals surface area contributed by atoms with Gasteiger partial charge in [-0.25, -0.2) is 5.43 Å². The molecule has 5 nitrogen and oxygen atoms in total. The minimum atomic E-state index is -0.228. The van der Waals surface area contributed by atoms with Crippen LogP contribution in [0.3, 0.4) is 0 Å². The molecule has 2 aliphatic carbocycles. The summed E-state index contributed by atoms with van der Waals surface area (Å²) in [5.41, 5.74) is 4.49. The molecule has 1 unspecified atom stereocenters. The van der Waals surface area contributed by atoms with Gasteiger partial charge < -0.3 is 9.64 Å². The SMILES string of the molecule is C[C@@H]1CC(=O)NN=C1C1=CCC(C)(OC2CCN(C3CCC3)CC2)C=C1. The molecule has 5 heteroatoms. The molecular weight excluding hydrogens is 326 g/mol. The van der Waals surface area contributed by atoms with Crippen LogP contribution in [0.1, 0.15) is 58.8 Å². The van der Waals surface area contributed by atoms with Gasteiger partial charge in [0, 0.05) is 31.5 Å². The van der Waals surface area contributed by atoms with Crippen LogP contribution in [0.4, 0.5) is 0 Å². The first-order chi connectivity index (χ1) is 12.5. The lowest BCUT2D eigenvalue weighted by Gasteiger charge is -2.43. The van der Waals surface area contributed by atoms with Crippen molar-refractivity contribution in [2.24, 2.45) is 11.0 Å². The monoisotopic (exact) mass is 357 g/mol. The lowest BCUT2D eigenvalue weighted by molar-refractivity contribution is -0.121. The molecule has 0 radical (unpaired) electrons. The third-order valence-electron chi connectivity index (χ3n) is 6.40. The molecule has 4 rings (SSSR count). The smallest absolute Gasteiger partial charge is 0.240 e. The molecule has 1 saturated heterocycles. The average molecular weight is 357 g/mol. The summed E-state index contributed by atoms with van der Waals surface area (Å²) in [4.78, 5) is 14.1. The van der Waals surface area contributed by atoms with Crippen LogP contribution in [0, 0.1) is 5.92 Å². The first-order valence-electron chi connectivity index (χ1n) is 10.2. The van der Waals surface area contributed by atoms with Crippen molar-refractivity contribution >= 4 is 11.6 Å². The summed E-state index contributed by atoms with van der Waals surface area (Å²) in [5, 5.41) is 4.27. The second kappa shape index (κ2) is 7.28. The van der Waals surface area contributed by atoms with Gasteiger partial charge in [-0.3, -0.25) is 4.79 Å². The Morgan fingerprint density at radius 3 is 2.62 bits per heavy atom. The number of likely N-dealkylation sites (tertiary alicyclic amines) is 1. The van der Waals surface area contributed by atoms with Crippen molar-refractivity contribution in [2.75, 3.05) is 13.1 Å². The Balaban J connectivity index is 1.31. The van der Waals surface area contributed by atoms with E-state index in [0.29, 0.717) is 12.5 Å². The minimum absolute atomic E-state index is 0.00283. The van der Waals surface area contributed by atoms with Gasteiger partial charge in [0.15, 0.2) is 0 Å². The highest BCUT2D eigenvalue weighted by Gasteiger charge is 2.33. The van der Waals surface area contributed by atoms with E-state index in [1.165, 1.54) is 32.4 Å². The maximum Gasteiger partial charge on any atom is 0.240 e. The summed E-state index contributed by atoms with van der Waals surface area (Å²) in [6.45, 7) is 6.61. The van der Waals surface area contributed by atoms with Gasteiger partial charge in [-0.05, 0) is 44.6 Å². The molecule has 1 amide bonds. The topological polar surface area (TPSA) is 53.9 Å². The quantitative estimate of drug-likeness (QED) is 0.841. The number of nitrogens with zero attached hydrogens (tertiary/aromatic N) is 2. The summed E-state index contributed by atoms with van der Waals surface area (Å²) in [6.07, 6.45) is 14.7. The molecule has 1 N–H and O–H groups in total. The zero-order valence-electron chi connectivity index (χ0n) is 16.0. The van der Waals surface area contributed by atoms with Crippen LogP contribution >= 0.6 is 0 Å². The van der Waals surface area contributed by atoms with E-state index in [0.717, 1.165) is 36.6 Å². The van der Waals surface area contributed by atoms with E-state index < -0.39 is 0 Å². The summed E-state index contributed by atoms with van der Waals surface area (Å²) in [7, 11) is 0. The molecule has 2 aliphatic heterocycles. The Labute approximate surface area is 156 Å². The molecule has 0 aromatic heterocycles. The van der Waals surface area contributed by atoms with E-state index >= 15 is 0 Å². The number of rotatable bonds is 4. The summed E-state index contributed by atoms with van der Waals surface area (Å²) in [5.74, 6) is 0.170. The van der Waals surface area contributed by atoms with Crippen molar-refractivity contribution in [1.82, 2.24) is 10.3 Å². The number of ether oxygens (including phenoxy) is 1. The van der Waals surface area contributed by atoms with E-state index in [-0.39, 0.29) is 17.4 Å². The van der Waals surface area contributed by atoms with Gasteiger partial charge in [-0.1, -0.05) is 31.6 Å². The van der Waals surface area contributed by atoms with Gasteiger partial charge in [0.1, 0.15) is 0 Å². The van der Waals surface area contributed by atoms with Gasteiger partial charge in [0.05, 0.1) is 17.4 Å². The highest BCUT2D eigenvalue weighted by Crippen LogP contribution is 2.32. The van der Waals surface area contributed by atoms with Gasteiger partial charge in [-0.2, -0.15) is 5.10 Å². The molecule has 26 heavy (non-hydrogen) atoms. The fourth-order valence-electron chi connectivity index (χ4n) is 4.49. The van der Waals surface area contributed by atoms with Crippen LogP contribution in [0.25, 0.3) is 0 Å². The number of hydrogen-bond acceptors (Lipinski definition) is 4. The third-order valence-corrected chi connectivity index (χ3v) is 6.40. The number of hydrogen-bond donors (Lipinski definition) is 1. The summed E-state index contributed by atoms with van der Waals surface area (Å²) < 4.78 is 6.51. The Bertz CT molecular complexity index is 642. The normalized spacial score (nSPS) is 34.1. The van der Waals surface area contributed by atoms with Gasteiger partial charge in [-0.15, -0.1) is 0 Å². The number of carbonyl (C=O) groups is 1. The van der Waals surface area contributed by atoms with Crippen molar-refractivity contribution in [3.8, 4) is 0 Å².